The number of rotatable bonds is 17. The molecular formula is C16H42Br4N4. The van der Waals surface area contributed by atoms with E-state index in [1.165, 1.54) is 64.5 Å². The molecule has 154 valence electrons. The molecule has 0 fully saturated rings. The van der Waals surface area contributed by atoms with Gasteiger partial charge in [0.25, 0.3) is 0 Å². The van der Waals surface area contributed by atoms with Crippen LogP contribution in [0, 0.1) is 0 Å². The zero-order chi connectivity index (χ0) is 14.7. The van der Waals surface area contributed by atoms with Crippen molar-refractivity contribution < 1.29 is 0 Å². The number of unbranched alkanes of at least 4 members (excludes halogenated alkanes) is 7. The number of nitrogens with one attached hydrogen (secondary N) is 2. The van der Waals surface area contributed by atoms with Crippen molar-refractivity contribution >= 4 is 67.9 Å². The van der Waals surface area contributed by atoms with E-state index in [1.807, 2.05) is 0 Å². The van der Waals surface area contributed by atoms with Gasteiger partial charge in [-0.15, -0.1) is 67.9 Å². The van der Waals surface area contributed by atoms with E-state index in [-0.39, 0.29) is 67.9 Å². The van der Waals surface area contributed by atoms with Gasteiger partial charge in [-0.05, 0) is 77.8 Å². The zero-order valence-electron chi connectivity index (χ0n) is 15.1. The molecule has 0 unspecified atom stereocenters. The van der Waals surface area contributed by atoms with Gasteiger partial charge < -0.3 is 22.1 Å². The first-order chi connectivity index (χ1) is 9.91. The Morgan fingerprint density at radius 1 is 0.375 bits per heavy atom. The third kappa shape index (κ3) is 35.0. The minimum Gasteiger partial charge on any atom is -0.330 e. The highest BCUT2D eigenvalue weighted by Gasteiger charge is 1.93. The summed E-state index contributed by atoms with van der Waals surface area (Å²) >= 11 is 0. The minimum absolute atomic E-state index is 0. The molecule has 0 atom stereocenters. The number of halogens is 4. The van der Waals surface area contributed by atoms with Crippen LogP contribution in [0.15, 0.2) is 0 Å². The Morgan fingerprint density at radius 3 is 0.917 bits per heavy atom. The average Bonchev–Trinajstić information content (AvgIpc) is 2.47. The normalized spacial score (nSPS) is 9.25. The highest BCUT2D eigenvalue weighted by Crippen LogP contribution is 2.04. The fourth-order valence-corrected chi connectivity index (χ4v) is 2.25. The number of hydrogen-bond donors (Lipinski definition) is 4. The largest absolute Gasteiger partial charge is 0.330 e. The fraction of sp³-hybridized carbons (Fsp3) is 1.00. The molecule has 0 aliphatic heterocycles. The van der Waals surface area contributed by atoms with Gasteiger partial charge in [-0.1, -0.05) is 25.7 Å². The van der Waals surface area contributed by atoms with Crippen molar-refractivity contribution in [2.75, 3.05) is 39.3 Å². The Labute approximate surface area is 192 Å². The molecule has 0 spiro atoms. The van der Waals surface area contributed by atoms with Gasteiger partial charge in [0.1, 0.15) is 0 Å². The predicted molar refractivity (Wildman–Crippen MR) is 131 cm³/mol. The van der Waals surface area contributed by atoms with E-state index in [0.717, 1.165) is 39.0 Å². The summed E-state index contributed by atoms with van der Waals surface area (Å²) in [6.45, 7) is 6.26. The van der Waals surface area contributed by atoms with Crippen LogP contribution >= 0.6 is 67.9 Å². The van der Waals surface area contributed by atoms with E-state index in [2.05, 4.69) is 10.6 Å². The molecule has 0 rings (SSSR count). The fourth-order valence-electron chi connectivity index (χ4n) is 2.25. The second-order valence-electron chi connectivity index (χ2n) is 5.61. The smallest absolute Gasteiger partial charge is 0.00484 e. The molecule has 0 aromatic heterocycles. The predicted octanol–water partition coefficient (Wildman–Crippen LogP) is 4.30. The molecule has 0 saturated heterocycles. The maximum Gasteiger partial charge on any atom is -0.00484 e. The highest BCUT2D eigenvalue weighted by atomic mass is 79.9. The SMILES string of the molecule is Br.Br.Br.Br.NCCCCNCCCCCCCCNCCCCN. The van der Waals surface area contributed by atoms with Crippen molar-refractivity contribution in [2.45, 2.75) is 64.2 Å². The zero-order valence-corrected chi connectivity index (χ0v) is 22.0. The van der Waals surface area contributed by atoms with Gasteiger partial charge in [-0.2, -0.15) is 0 Å². The maximum absolute atomic E-state index is 5.45. The molecule has 0 aromatic carbocycles. The van der Waals surface area contributed by atoms with Crippen LogP contribution in [0.1, 0.15) is 64.2 Å². The first-order valence-electron chi connectivity index (χ1n) is 8.73. The van der Waals surface area contributed by atoms with Gasteiger partial charge in [0.15, 0.2) is 0 Å². The van der Waals surface area contributed by atoms with Crippen molar-refractivity contribution in [3.8, 4) is 0 Å². The molecule has 6 N–H and O–H groups in total. The summed E-state index contributed by atoms with van der Waals surface area (Å²) in [4.78, 5) is 0. The Kier molecular flexibility index (Phi) is 54.7. The standard InChI is InChI=1S/C16H38N4.4BrH/c17-11-5-9-15-19-13-7-3-1-2-4-8-14-20-16-10-6-12-18;;;;/h19-20H,1-18H2;4*1H. The first kappa shape index (κ1) is 36.6. The molecule has 0 radical (unpaired) electrons. The molecule has 0 aromatic rings. The molecule has 0 aliphatic carbocycles. The van der Waals surface area contributed by atoms with Crippen molar-refractivity contribution in [2.24, 2.45) is 11.5 Å². The molecular weight excluding hydrogens is 568 g/mol. The molecule has 0 saturated carbocycles. The summed E-state index contributed by atoms with van der Waals surface area (Å²) in [6, 6.07) is 0. The summed E-state index contributed by atoms with van der Waals surface area (Å²) in [6.07, 6.45) is 12.9. The van der Waals surface area contributed by atoms with Crippen molar-refractivity contribution in [1.29, 1.82) is 0 Å². The number of nitrogens with two attached hydrogens (primary N) is 2. The van der Waals surface area contributed by atoms with Crippen molar-refractivity contribution in [3.05, 3.63) is 0 Å². The van der Waals surface area contributed by atoms with E-state index in [9.17, 15) is 0 Å². The molecule has 0 aliphatic rings. The summed E-state index contributed by atoms with van der Waals surface area (Å²) in [5.74, 6) is 0. The van der Waals surface area contributed by atoms with Crippen LogP contribution in [0.3, 0.4) is 0 Å². The highest BCUT2D eigenvalue weighted by molar-refractivity contribution is 8.93. The molecule has 24 heavy (non-hydrogen) atoms. The summed E-state index contributed by atoms with van der Waals surface area (Å²) in [5, 5.41) is 6.96. The van der Waals surface area contributed by atoms with Gasteiger partial charge in [-0.25, -0.2) is 0 Å². The van der Waals surface area contributed by atoms with Crippen LogP contribution < -0.4 is 22.1 Å². The lowest BCUT2D eigenvalue weighted by Gasteiger charge is -2.05. The third-order valence-electron chi connectivity index (χ3n) is 3.57. The summed E-state index contributed by atoms with van der Waals surface area (Å²) < 4.78 is 0. The second kappa shape index (κ2) is 35.8. The summed E-state index contributed by atoms with van der Waals surface area (Å²) in [5.41, 5.74) is 10.9. The second-order valence-corrected chi connectivity index (χ2v) is 5.61. The van der Waals surface area contributed by atoms with Crippen LogP contribution in [0.5, 0.6) is 0 Å². The van der Waals surface area contributed by atoms with Crippen LogP contribution in [0.25, 0.3) is 0 Å². The Balaban J connectivity index is -0.000000301. The maximum atomic E-state index is 5.45. The molecule has 0 bridgehead atoms. The molecule has 8 heteroatoms. The lowest BCUT2D eigenvalue weighted by Crippen LogP contribution is -2.17. The third-order valence-corrected chi connectivity index (χ3v) is 3.57. The van der Waals surface area contributed by atoms with Gasteiger partial charge in [0.05, 0.1) is 0 Å². The van der Waals surface area contributed by atoms with Gasteiger partial charge in [-0.3, -0.25) is 0 Å². The molecule has 0 heterocycles. The lowest BCUT2D eigenvalue weighted by atomic mass is 10.1. The van der Waals surface area contributed by atoms with Crippen molar-refractivity contribution in [3.63, 3.8) is 0 Å². The van der Waals surface area contributed by atoms with E-state index in [1.54, 1.807) is 0 Å². The Hall–Kier alpha value is 1.76. The number of hydrogen-bond acceptors (Lipinski definition) is 4. The van der Waals surface area contributed by atoms with E-state index in [4.69, 9.17) is 11.5 Å². The van der Waals surface area contributed by atoms with E-state index < -0.39 is 0 Å². The Morgan fingerprint density at radius 2 is 0.625 bits per heavy atom. The van der Waals surface area contributed by atoms with Gasteiger partial charge in [0, 0.05) is 0 Å². The van der Waals surface area contributed by atoms with Gasteiger partial charge >= 0.3 is 0 Å². The monoisotopic (exact) mass is 606 g/mol. The minimum atomic E-state index is 0. The average molecular weight is 610 g/mol. The van der Waals surface area contributed by atoms with Gasteiger partial charge in [0.2, 0.25) is 0 Å². The molecule has 0 amide bonds. The van der Waals surface area contributed by atoms with Crippen LogP contribution in [-0.2, 0) is 0 Å². The van der Waals surface area contributed by atoms with E-state index in [0.29, 0.717) is 0 Å². The molecule has 4 nitrogen and oxygen atoms in total. The van der Waals surface area contributed by atoms with Crippen LogP contribution in [-0.4, -0.2) is 39.3 Å². The first-order valence-corrected chi connectivity index (χ1v) is 8.73. The topological polar surface area (TPSA) is 76.1 Å². The van der Waals surface area contributed by atoms with Crippen LogP contribution in [0.4, 0.5) is 0 Å². The van der Waals surface area contributed by atoms with Crippen molar-refractivity contribution in [1.82, 2.24) is 10.6 Å². The quantitative estimate of drug-likeness (QED) is 0.186. The Bertz CT molecular complexity index is 162. The summed E-state index contributed by atoms with van der Waals surface area (Å²) in [7, 11) is 0. The van der Waals surface area contributed by atoms with Crippen LogP contribution in [0.2, 0.25) is 0 Å². The lowest BCUT2D eigenvalue weighted by molar-refractivity contribution is 0.539. The van der Waals surface area contributed by atoms with E-state index >= 15 is 0 Å².